The fraction of sp³-hybridized carbons (Fsp3) is 0.182. The number of ether oxygens (including phenoxy) is 1. The first-order valence-electron chi connectivity index (χ1n) is 5.23. The SMILES string of the molecule is COc1ccc2c(c1S(=O)(=O)O)Cc1c-2ssc1=S.[H-].[Na+]. The van der Waals surface area contributed by atoms with Crippen LogP contribution < -0.4 is 34.3 Å². The second-order valence-corrected chi connectivity index (χ2v) is 8.21. The van der Waals surface area contributed by atoms with E-state index < -0.39 is 10.1 Å². The molecule has 9 heteroatoms. The third-order valence-electron chi connectivity index (χ3n) is 3.02. The molecule has 0 spiro atoms. The third-order valence-corrected chi connectivity index (χ3v) is 7.16. The zero-order valence-electron chi connectivity index (χ0n) is 11.7. The van der Waals surface area contributed by atoms with Crippen LogP contribution in [0.2, 0.25) is 0 Å². The third kappa shape index (κ3) is 2.52. The second-order valence-electron chi connectivity index (χ2n) is 4.04. The fourth-order valence-corrected chi connectivity index (χ4v) is 6.10. The van der Waals surface area contributed by atoms with Crippen LogP contribution in [0.3, 0.4) is 0 Å². The van der Waals surface area contributed by atoms with Crippen molar-refractivity contribution in [1.29, 1.82) is 0 Å². The van der Waals surface area contributed by atoms with Gasteiger partial charge in [-0.3, -0.25) is 4.55 Å². The van der Waals surface area contributed by atoms with Gasteiger partial charge in [0.2, 0.25) is 0 Å². The molecule has 0 atom stereocenters. The number of hydrogen-bond donors (Lipinski definition) is 1. The van der Waals surface area contributed by atoms with Crippen molar-refractivity contribution in [3.63, 3.8) is 0 Å². The standard InChI is InChI=1S/C11H8O4S4.Na.H/c1-15-8-3-2-5-6(10(8)19(12,13)14)4-7-9(5)17-18-11(7)16;;/h2-3H,4H2,1H3,(H,12,13,14);;/q;+1;-1. The molecule has 0 aliphatic heterocycles. The van der Waals surface area contributed by atoms with E-state index in [4.69, 9.17) is 17.0 Å². The molecule has 0 saturated carbocycles. The molecule has 1 aromatic heterocycles. The summed E-state index contributed by atoms with van der Waals surface area (Å²) in [5.74, 6) is 0.158. The van der Waals surface area contributed by atoms with Crippen LogP contribution in [-0.2, 0) is 16.5 Å². The topological polar surface area (TPSA) is 63.6 Å². The molecule has 0 amide bonds. The predicted octanol–water partition coefficient (Wildman–Crippen LogP) is 0.482. The van der Waals surface area contributed by atoms with Crippen molar-refractivity contribution in [2.24, 2.45) is 0 Å². The van der Waals surface area contributed by atoms with Gasteiger partial charge in [0.1, 0.15) is 14.5 Å². The molecule has 1 aliphatic carbocycles. The van der Waals surface area contributed by atoms with Gasteiger partial charge in [-0.1, -0.05) is 32.9 Å². The summed E-state index contributed by atoms with van der Waals surface area (Å²) in [6.45, 7) is 0. The van der Waals surface area contributed by atoms with Crippen molar-refractivity contribution in [3.8, 4) is 16.2 Å². The molecule has 0 unspecified atom stereocenters. The van der Waals surface area contributed by atoms with E-state index >= 15 is 0 Å². The first kappa shape index (κ1) is 16.6. The van der Waals surface area contributed by atoms with Gasteiger partial charge >= 0.3 is 29.6 Å². The minimum absolute atomic E-state index is 0. The first-order chi connectivity index (χ1) is 8.93. The Hall–Kier alpha value is 0.200. The maximum atomic E-state index is 11.6. The van der Waals surface area contributed by atoms with Gasteiger partial charge in [0.15, 0.2) is 0 Å². The normalized spacial score (nSPS) is 12.5. The van der Waals surface area contributed by atoms with E-state index in [0.717, 1.165) is 19.8 Å². The molecule has 0 bridgehead atoms. The number of methoxy groups -OCH3 is 1. The molecule has 1 aliphatic rings. The van der Waals surface area contributed by atoms with Gasteiger partial charge in [-0.05, 0) is 23.3 Å². The van der Waals surface area contributed by atoms with E-state index in [2.05, 4.69) is 0 Å². The number of fused-ring (bicyclic) bond motifs is 3. The molecular weight excluding hydrogens is 347 g/mol. The molecular formula is C11H9NaO4S4. The van der Waals surface area contributed by atoms with E-state index in [1.807, 2.05) is 6.07 Å². The Kier molecular flexibility index (Phi) is 4.78. The quantitative estimate of drug-likeness (QED) is 0.313. The van der Waals surface area contributed by atoms with Crippen LogP contribution in [-0.4, -0.2) is 20.1 Å². The van der Waals surface area contributed by atoms with Crippen molar-refractivity contribution in [2.75, 3.05) is 7.11 Å². The van der Waals surface area contributed by atoms with E-state index in [9.17, 15) is 13.0 Å². The summed E-state index contributed by atoms with van der Waals surface area (Å²) in [6.07, 6.45) is 0.426. The summed E-state index contributed by atoms with van der Waals surface area (Å²) in [4.78, 5) is 0.854. The molecule has 4 nitrogen and oxygen atoms in total. The van der Waals surface area contributed by atoms with Crippen LogP contribution >= 0.6 is 32.9 Å². The van der Waals surface area contributed by atoms with Crippen molar-refractivity contribution in [3.05, 3.63) is 27.1 Å². The molecule has 1 aromatic carbocycles. The van der Waals surface area contributed by atoms with Gasteiger partial charge in [0.25, 0.3) is 10.1 Å². The van der Waals surface area contributed by atoms with Crippen LogP contribution in [0.25, 0.3) is 10.4 Å². The van der Waals surface area contributed by atoms with Crippen molar-refractivity contribution >= 4 is 43.0 Å². The van der Waals surface area contributed by atoms with Crippen molar-refractivity contribution < 1.29 is 48.7 Å². The Bertz CT molecular complexity index is 840. The van der Waals surface area contributed by atoms with Crippen molar-refractivity contribution in [2.45, 2.75) is 11.3 Å². The van der Waals surface area contributed by atoms with Gasteiger partial charge in [-0.15, -0.1) is 0 Å². The molecule has 2 aromatic rings. The summed E-state index contributed by atoms with van der Waals surface area (Å²) in [6, 6.07) is 3.37. The number of hydrogen-bond acceptors (Lipinski definition) is 6. The van der Waals surface area contributed by atoms with Crippen LogP contribution in [0, 0.1) is 3.82 Å². The van der Waals surface area contributed by atoms with Crippen LogP contribution in [0.4, 0.5) is 0 Å². The Balaban J connectivity index is 0.00000110. The van der Waals surface area contributed by atoms with E-state index in [0.29, 0.717) is 12.0 Å². The summed E-state index contributed by atoms with van der Waals surface area (Å²) in [5.41, 5.74) is 2.36. The van der Waals surface area contributed by atoms with Gasteiger partial charge in [-0.25, -0.2) is 0 Å². The predicted molar refractivity (Wildman–Crippen MR) is 78.8 cm³/mol. The molecule has 102 valence electrons. The van der Waals surface area contributed by atoms with E-state index in [1.165, 1.54) is 27.8 Å². The summed E-state index contributed by atoms with van der Waals surface area (Å²) in [7, 11) is 0.0878. The van der Waals surface area contributed by atoms with Crippen LogP contribution in [0.5, 0.6) is 5.75 Å². The van der Waals surface area contributed by atoms with Crippen molar-refractivity contribution in [1.82, 2.24) is 0 Å². The fourth-order valence-electron chi connectivity index (χ4n) is 2.25. The smallest absolute Gasteiger partial charge is 1.00 e. The molecule has 0 radical (unpaired) electrons. The molecule has 0 fully saturated rings. The maximum Gasteiger partial charge on any atom is 1.00 e. The molecule has 1 N–H and O–H groups in total. The van der Waals surface area contributed by atoms with Gasteiger partial charge in [0.05, 0.1) is 12.0 Å². The zero-order valence-corrected chi connectivity index (χ0v) is 15.9. The summed E-state index contributed by atoms with van der Waals surface area (Å²) < 4.78 is 38.4. The Morgan fingerprint density at radius 3 is 2.65 bits per heavy atom. The average molecular weight is 356 g/mol. The van der Waals surface area contributed by atoms with E-state index in [1.54, 1.807) is 6.07 Å². The van der Waals surface area contributed by atoms with Crippen LogP contribution in [0.1, 0.15) is 12.6 Å². The molecule has 3 rings (SSSR count). The zero-order chi connectivity index (χ0) is 13.8. The largest absolute Gasteiger partial charge is 1.00 e. The average Bonchev–Trinajstić information content (AvgIpc) is 2.87. The Morgan fingerprint density at radius 1 is 1.35 bits per heavy atom. The van der Waals surface area contributed by atoms with E-state index in [-0.39, 0.29) is 41.6 Å². The summed E-state index contributed by atoms with van der Waals surface area (Å²) >= 11 is 5.24. The van der Waals surface area contributed by atoms with Gasteiger partial charge < -0.3 is 6.16 Å². The maximum absolute atomic E-state index is 11.6. The Morgan fingerprint density at radius 2 is 2.05 bits per heavy atom. The Labute approximate surface area is 152 Å². The minimum Gasteiger partial charge on any atom is -1.00 e. The summed E-state index contributed by atoms with van der Waals surface area (Å²) in [5, 5.41) is 0. The monoisotopic (exact) mass is 356 g/mol. The van der Waals surface area contributed by atoms with Crippen LogP contribution in [0.15, 0.2) is 17.0 Å². The number of rotatable bonds is 2. The number of benzene rings is 1. The molecule has 20 heavy (non-hydrogen) atoms. The molecule has 0 saturated heterocycles. The minimum atomic E-state index is -4.33. The molecule has 1 heterocycles. The second kappa shape index (κ2) is 5.77. The first-order valence-corrected chi connectivity index (χ1v) is 9.23. The van der Waals surface area contributed by atoms with Gasteiger partial charge in [0, 0.05) is 12.0 Å². The van der Waals surface area contributed by atoms with Gasteiger partial charge in [-0.2, -0.15) is 8.42 Å².